The Balaban J connectivity index is 1.73. The second-order valence-electron chi connectivity index (χ2n) is 9.79. The Kier molecular flexibility index (Phi) is 10.7. The summed E-state index contributed by atoms with van der Waals surface area (Å²) in [6.45, 7) is 6.92. The van der Waals surface area contributed by atoms with Crippen LogP contribution in [0.15, 0.2) is 61.1 Å². The van der Waals surface area contributed by atoms with Gasteiger partial charge in [-0.15, -0.1) is 0 Å². The van der Waals surface area contributed by atoms with E-state index in [1.54, 1.807) is 35.6 Å². The molecule has 11 heteroatoms. The van der Waals surface area contributed by atoms with Gasteiger partial charge in [0.05, 0.1) is 29.9 Å². The van der Waals surface area contributed by atoms with E-state index >= 15 is 0 Å². The van der Waals surface area contributed by atoms with E-state index in [0.29, 0.717) is 29.5 Å². The molecule has 7 nitrogen and oxygen atoms in total. The molecule has 0 saturated carbocycles. The Bertz CT molecular complexity index is 1330. The highest BCUT2D eigenvalue weighted by Crippen LogP contribution is 2.32. The smallest absolute Gasteiger partial charge is 0.363 e. The first-order valence-electron chi connectivity index (χ1n) is 13.0. The number of nitrogens with one attached hydrogen (secondary N) is 2. The highest BCUT2D eigenvalue weighted by molar-refractivity contribution is 7.80. The van der Waals surface area contributed by atoms with Crippen molar-refractivity contribution in [2.75, 3.05) is 13.1 Å². The summed E-state index contributed by atoms with van der Waals surface area (Å²) in [5.41, 5.74) is 1.64. The van der Waals surface area contributed by atoms with Crippen molar-refractivity contribution in [1.82, 2.24) is 25.1 Å². The molecule has 3 aromatic rings. The van der Waals surface area contributed by atoms with Gasteiger partial charge in [0.1, 0.15) is 0 Å². The number of carbonyl (C=O) groups is 1. The average molecular weight is 571 g/mol. The molecule has 0 unspecified atom stereocenters. The van der Waals surface area contributed by atoms with Gasteiger partial charge >= 0.3 is 6.18 Å². The fourth-order valence-electron chi connectivity index (χ4n) is 4.22. The van der Waals surface area contributed by atoms with Crippen LogP contribution in [0.2, 0.25) is 0 Å². The van der Waals surface area contributed by atoms with Crippen LogP contribution in [0.4, 0.5) is 13.2 Å². The fraction of sp³-hybridized carbons (Fsp3) is 0.379. The lowest BCUT2D eigenvalue weighted by Crippen LogP contribution is -2.50. The third-order valence-corrected chi connectivity index (χ3v) is 6.85. The molecule has 0 aliphatic carbocycles. The number of imidazole rings is 1. The van der Waals surface area contributed by atoms with Crippen LogP contribution in [-0.2, 0) is 30.5 Å². The monoisotopic (exact) mass is 570 g/mol. The van der Waals surface area contributed by atoms with Gasteiger partial charge in [-0.3, -0.25) is 4.79 Å². The molecule has 2 N–H and O–H groups in total. The standard InChI is InChI=1S/C29H33F3N6OS/c1-4-35-28(40)37(17-23-7-5-6-8-25(23)29(30,31)32)18-26(20(2)3)36-27(39)13-24-15-34-19-38(24)16-22-11-9-21(14-33)10-12-22/h5-12,15,19-20,26H,4,13,16-18H2,1-3H3,(H,35,40)(H,36,39)/t26-/m1/s1. The Morgan fingerprint density at radius 3 is 2.50 bits per heavy atom. The summed E-state index contributed by atoms with van der Waals surface area (Å²) in [5.74, 6) is -0.248. The van der Waals surface area contributed by atoms with E-state index in [2.05, 4.69) is 21.7 Å². The van der Waals surface area contributed by atoms with Crippen LogP contribution < -0.4 is 10.6 Å². The largest absolute Gasteiger partial charge is 0.416 e. The Morgan fingerprint density at radius 1 is 1.18 bits per heavy atom. The van der Waals surface area contributed by atoms with Gasteiger partial charge in [0.25, 0.3) is 0 Å². The minimum Gasteiger partial charge on any atom is -0.363 e. The zero-order valence-corrected chi connectivity index (χ0v) is 23.5. The summed E-state index contributed by atoms with van der Waals surface area (Å²) in [6, 6.07) is 14.3. The first kappa shape index (κ1) is 30.6. The topological polar surface area (TPSA) is 86.0 Å². The van der Waals surface area contributed by atoms with Gasteiger partial charge in [-0.1, -0.05) is 44.2 Å². The van der Waals surface area contributed by atoms with Crippen LogP contribution in [-0.4, -0.2) is 44.6 Å². The zero-order valence-electron chi connectivity index (χ0n) is 22.7. The molecule has 0 radical (unpaired) electrons. The summed E-state index contributed by atoms with van der Waals surface area (Å²) in [4.78, 5) is 19.0. The van der Waals surface area contributed by atoms with E-state index < -0.39 is 11.7 Å². The molecule has 0 saturated heterocycles. The van der Waals surface area contributed by atoms with Gasteiger partial charge in [-0.05, 0) is 54.4 Å². The van der Waals surface area contributed by atoms with Crippen molar-refractivity contribution in [2.45, 2.75) is 52.5 Å². The predicted octanol–water partition coefficient (Wildman–Crippen LogP) is 4.90. The van der Waals surface area contributed by atoms with E-state index in [4.69, 9.17) is 17.5 Å². The molecule has 1 aromatic heterocycles. The molecule has 0 spiro atoms. The highest BCUT2D eigenvalue weighted by Gasteiger charge is 2.34. The van der Waals surface area contributed by atoms with Crippen LogP contribution in [0.25, 0.3) is 0 Å². The Hall–Kier alpha value is -3.91. The molecule has 1 atom stereocenters. The summed E-state index contributed by atoms with van der Waals surface area (Å²) in [5, 5.41) is 15.4. The van der Waals surface area contributed by atoms with Crippen LogP contribution in [0.3, 0.4) is 0 Å². The van der Waals surface area contributed by atoms with Crippen molar-refractivity contribution < 1.29 is 18.0 Å². The summed E-state index contributed by atoms with van der Waals surface area (Å²) in [6.07, 6.45) is -1.13. The fourth-order valence-corrected chi connectivity index (χ4v) is 4.51. The van der Waals surface area contributed by atoms with Crippen molar-refractivity contribution in [1.29, 1.82) is 5.26 Å². The van der Waals surface area contributed by atoms with E-state index in [-0.39, 0.29) is 42.9 Å². The second kappa shape index (κ2) is 13.9. The van der Waals surface area contributed by atoms with Crippen LogP contribution >= 0.6 is 12.2 Å². The third-order valence-electron chi connectivity index (χ3n) is 6.44. The number of amides is 1. The number of thiocarbonyl (C=S) groups is 1. The van der Waals surface area contributed by atoms with Crippen molar-refractivity contribution in [3.05, 3.63) is 89.0 Å². The summed E-state index contributed by atoms with van der Waals surface area (Å²) in [7, 11) is 0. The molecule has 1 amide bonds. The molecule has 0 bridgehead atoms. The Morgan fingerprint density at radius 2 is 1.88 bits per heavy atom. The van der Waals surface area contributed by atoms with Gasteiger partial charge in [-0.2, -0.15) is 18.4 Å². The van der Waals surface area contributed by atoms with Crippen molar-refractivity contribution in [3.63, 3.8) is 0 Å². The van der Waals surface area contributed by atoms with Gasteiger partial charge in [0, 0.05) is 44.1 Å². The number of carbonyl (C=O) groups excluding carboxylic acids is 1. The predicted molar refractivity (Wildman–Crippen MR) is 151 cm³/mol. The molecule has 0 aliphatic heterocycles. The number of rotatable bonds is 11. The molecular weight excluding hydrogens is 537 g/mol. The van der Waals surface area contributed by atoms with Crippen molar-refractivity contribution >= 4 is 23.2 Å². The molecular formula is C29H33F3N6OS. The van der Waals surface area contributed by atoms with Gasteiger partial charge in [0.15, 0.2) is 5.11 Å². The van der Waals surface area contributed by atoms with Crippen LogP contribution in [0, 0.1) is 17.2 Å². The average Bonchev–Trinajstić information content (AvgIpc) is 3.33. The van der Waals surface area contributed by atoms with E-state index in [1.807, 2.05) is 37.5 Å². The molecule has 212 valence electrons. The molecule has 1 heterocycles. The van der Waals surface area contributed by atoms with E-state index in [0.717, 1.165) is 11.6 Å². The van der Waals surface area contributed by atoms with E-state index in [9.17, 15) is 18.0 Å². The number of benzene rings is 2. The molecule has 3 rings (SSSR count). The van der Waals surface area contributed by atoms with Crippen LogP contribution in [0.1, 0.15) is 48.7 Å². The molecule has 2 aromatic carbocycles. The van der Waals surface area contributed by atoms with Crippen molar-refractivity contribution in [3.8, 4) is 6.07 Å². The number of alkyl halides is 3. The number of aromatic nitrogens is 2. The number of halogens is 3. The van der Waals surface area contributed by atoms with Gasteiger partial charge in [0.2, 0.25) is 5.91 Å². The van der Waals surface area contributed by atoms with Crippen molar-refractivity contribution in [2.24, 2.45) is 5.92 Å². The summed E-state index contributed by atoms with van der Waals surface area (Å²) >= 11 is 5.51. The number of nitrogens with zero attached hydrogens (tertiary/aromatic N) is 4. The minimum absolute atomic E-state index is 0.0164. The third kappa shape index (κ3) is 8.55. The molecule has 0 aliphatic rings. The second-order valence-corrected chi connectivity index (χ2v) is 10.2. The first-order chi connectivity index (χ1) is 19.0. The number of hydrogen-bond donors (Lipinski definition) is 2. The molecule has 40 heavy (non-hydrogen) atoms. The maximum absolute atomic E-state index is 13.7. The number of nitriles is 1. The van der Waals surface area contributed by atoms with E-state index in [1.165, 1.54) is 12.1 Å². The Labute approximate surface area is 238 Å². The highest BCUT2D eigenvalue weighted by atomic mass is 32.1. The minimum atomic E-state index is -4.49. The lowest BCUT2D eigenvalue weighted by molar-refractivity contribution is -0.138. The summed E-state index contributed by atoms with van der Waals surface area (Å²) < 4.78 is 42.8. The molecule has 0 fully saturated rings. The first-order valence-corrected chi connectivity index (χ1v) is 13.4. The van der Waals surface area contributed by atoms with Crippen LogP contribution in [0.5, 0.6) is 0 Å². The quantitative estimate of drug-likeness (QED) is 0.319. The SMILES string of the molecule is CCNC(=S)N(Cc1ccccc1C(F)(F)F)C[C@@H](NC(=O)Cc1cncn1Cc1ccc(C#N)cc1)C(C)C. The maximum Gasteiger partial charge on any atom is 0.416 e. The number of hydrogen-bond acceptors (Lipinski definition) is 4. The lowest BCUT2D eigenvalue weighted by Gasteiger charge is -2.33. The normalized spacial score (nSPS) is 12.1. The zero-order chi connectivity index (χ0) is 29.3. The maximum atomic E-state index is 13.7. The lowest BCUT2D eigenvalue weighted by atomic mass is 10.0. The van der Waals surface area contributed by atoms with Gasteiger partial charge < -0.3 is 20.1 Å². The van der Waals surface area contributed by atoms with Gasteiger partial charge in [-0.25, -0.2) is 4.98 Å².